The molecule has 1 unspecified atom stereocenters. The summed E-state index contributed by atoms with van der Waals surface area (Å²) in [4.78, 5) is 27.2. The maximum Gasteiger partial charge on any atom is 0.416 e. The number of benzene rings is 2. The first kappa shape index (κ1) is 23.9. The number of alkyl halides is 3. The number of ether oxygens (including phenoxy) is 2. The van der Waals surface area contributed by atoms with Crippen LogP contribution >= 0.6 is 0 Å². The van der Waals surface area contributed by atoms with E-state index in [0.29, 0.717) is 57.1 Å². The number of halogens is 3. The first-order valence-corrected chi connectivity index (χ1v) is 11.4. The van der Waals surface area contributed by atoms with Gasteiger partial charge in [-0.15, -0.1) is 0 Å². The number of nitrogens with zero attached hydrogens (tertiary/aromatic N) is 1. The van der Waals surface area contributed by atoms with Gasteiger partial charge in [0.25, 0.3) is 5.91 Å². The molecule has 34 heavy (non-hydrogen) atoms. The summed E-state index contributed by atoms with van der Waals surface area (Å²) in [6.45, 7) is 3.74. The molecule has 0 saturated carbocycles. The number of hydrogen-bond acceptors (Lipinski definition) is 4. The van der Waals surface area contributed by atoms with Crippen LogP contribution in [0.5, 0.6) is 11.5 Å². The van der Waals surface area contributed by atoms with E-state index in [2.05, 4.69) is 5.32 Å². The molecule has 2 aromatic carbocycles. The van der Waals surface area contributed by atoms with Crippen LogP contribution in [0.25, 0.3) is 0 Å². The highest BCUT2D eigenvalue weighted by Gasteiger charge is 2.32. The summed E-state index contributed by atoms with van der Waals surface area (Å²) in [5.41, 5.74) is 0.360. The molecule has 182 valence electrons. The maximum absolute atomic E-state index is 12.9. The van der Waals surface area contributed by atoms with Gasteiger partial charge in [-0.05, 0) is 61.2 Å². The SMILES string of the molecule is CCC(NC(=O)C1CCN(C(=O)c2ccc(C(F)(F)F)cc2)CC1)c1ccc2c(c1)OCCO2. The van der Waals surface area contributed by atoms with Crippen LogP contribution in [0.2, 0.25) is 0 Å². The van der Waals surface area contributed by atoms with E-state index < -0.39 is 11.7 Å². The van der Waals surface area contributed by atoms with Gasteiger partial charge in [-0.25, -0.2) is 0 Å². The summed E-state index contributed by atoms with van der Waals surface area (Å²) in [6, 6.07) is 9.72. The van der Waals surface area contributed by atoms with Crippen molar-refractivity contribution in [1.29, 1.82) is 0 Å². The summed E-state index contributed by atoms with van der Waals surface area (Å²) < 4.78 is 49.4. The van der Waals surface area contributed by atoms with Crippen LogP contribution < -0.4 is 14.8 Å². The van der Waals surface area contributed by atoms with E-state index in [1.165, 1.54) is 12.1 Å². The number of hydrogen-bond donors (Lipinski definition) is 1. The Bertz CT molecular complexity index is 1030. The van der Waals surface area contributed by atoms with Gasteiger partial charge in [0.05, 0.1) is 11.6 Å². The molecular formula is C25H27F3N2O4. The fourth-order valence-corrected chi connectivity index (χ4v) is 4.32. The van der Waals surface area contributed by atoms with Gasteiger partial charge in [0, 0.05) is 24.6 Å². The Kier molecular flexibility index (Phi) is 7.00. The van der Waals surface area contributed by atoms with E-state index in [-0.39, 0.29) is 29.3 Å². The molecule has 0 radical (unpaired) electrons. The van der Waals surface area contributed by atoms with Crippen molar-refractivity contribution < 1.29 is 32.2 Å². The van der Waals surface area contributed by atoms with Crippen LogP contribution in [0.4, 0.5) is 13.2 Å². The Labute approximate surface area is 196 Å². The zero-order valence-electron chi connectivity index (χ0n) is 18.9. The lowest BCUT2D eigenvalue weighted by molar-refractivity contribution is -0.137. The summed E-state index contributed by atoms with van der Waals surface area (Å²) >= 11 is 0. The predicted octanol–water partition coefficient (Wildman–Crippen LogP) is 4.60. The molecule has 1 N–H and O–H groups in total. The molecule has 6 nitrogen and oxygen atoms in total. The average molecular weight is 476 g/mol. The molecule has 2 amide bonds. The van der Waals surface area contributed by atoms with Crippen LogP contribution in [0.1, 0.15) is 53.7 Å². The van der Waals surface area contributed by atoms with Crippen molar-refractivity contribution in [2.24, 2.45) is 5.92 Å². The second kappa shape index (κ2) is 9.95. The number of carbonyl (C=O) groups is 2. The minimum atomic E-state index is -4.44. The van der Waals surface area contributed by atoms with Crippen molar-refractivity contribution in [3.63, 3.8) is 0 Å². The number of fused-ring (bicyclic) bond motifs is 1. The largest absolute Gasteiger partial charge is 0.486 e. The van der Waals surface area contributed by atoms with E-state index in [1.54, 1.807) is 4.90 Å². The van der Waals surface area contributed by atoms with Crippen molar-refractivity contribution in [2.75, 3.05) is 26.3 Å². The van der Waals surface area contributed by atoms with E-state index >= 15 is 0 Å². The van der Waals surface area contributed by atoms with E-state index in [1.807, 2.05) is 25.1 Å². The van der Waals surface area contributed by atoms with Crippen LogP contribution in [-0.2, 0) is 11.0 Å². The molecule has 2 aromatic rings. The summed E-state index contributed by atoms with van der Waals surface area (Å²) in [5.74, 6) is 0.745. The molecule has 0 aliphatic carbocycles. The Balaban J connectivity index is 1.32. The normalized spacial score (nSPS) is 17.2. The van der Waals surface area contributed by atoms with Gasteiger partial charge in [-0.2, -0.15) is 13.2 Å². The minimum Gasteiger partial charge on any atom is -0.486 e. The number of nitrogens with one attached hydrogen (secondary N) is 1. The Morgan fingerprint density at radius 2 is 1.68 bits per heavy atom. The third kappa shape index (κ3) is 5.29. The lowest BCUT2D eigenvalue weighted by Crippen LogP contribution is -2.43. The second-order valence-electron chi connectivity index (χ2n) is 8.51. The molecule has 1 fully saturated rings. The monoisotopic (exact) mass is 476 g/mol. The maximum atomic E-state index is 12.9. The number of likely N-dealkylation sites (tertiary alicyclic amines) is 1. The third-order valence-electron chi connectivity index (χ3n) is 6.31. The van der Waals surface area contributed by atoms with Crippen LogP contribution in [0.3, 0.4) is 0 Å². The first-order chi connectivity index (χ1) is 16.3. The van der Waals surface area contributed by atoms with E-state index in [9.17, 15) is 22.8 Å². The van der Waals surface area contributed by atoms with E-state index in [4.69, 9.17) is 9.47 Å². The molecule has 2 aliphatic rings. The summed E-state index contributed by atoms with van der Waals surface area (Å²) in [5, 5.41) is 3.11. The zero-order valence-corrected chi connectivity index (χ0v) is 18.9. The van der Waals surface area contributed by atoms with Gasteiger partial charge < -0.3 is 19.7 Å². The highest BCUT2D eigenvalue weighted by atomic mass is 19.4. The third-order valence-corrected chi connectivity index (χ3v) is 6.31. The fourth-order valence-electron chi connectivity index (χ4n) is 4.32. The number of amides is 2. The van der Waals surface area contributed by atoms with Crippen LogP contribution in [0, 0.1) is 5.92 Å². The molecule has 2 heterocycles. The van der Waals surface area contributed by atoms with Crippen LogP contribution in [-0.4, -0.2) is 43.0 Å². The first-order valence-electron chi connectivity index (χ1n) is 11.4. The second-order valence-corrected chi connectivity index (χ2v) is 8.51. The molecule has 0 spiro atoms. The van der Waals surface area contributed by atoms with Crippen molar-refractivity contribution in [3.8, 4) is 11.5 Å². The smallest absolute Gasteiger partial charge is 0.416 e. The zero-order chi connectivity index (χ0) is 24.3. The standard InChI is InChI=1S/C25H27F3N2O4/c1-2-20(18-5-8-21-22(15-18)34-14-13-33-21)29-23(31)16-9-11-30(12-10-16)24(32)17-3-6-19(7-4-17)25(26,27)28/h3-8,15-16,20H,2,9-14H2,1H3,(H,29,31). The van der Waals surface area contributed by atoms with E-state index in [0.717, 1.165) is 17.7 Å². The predicted molar refractivity (Wildman–Crippen MR) is 119 cm³/mol. The number of carbonyl (C=O) groups excluding carboxylic acids is 2. The van der Waals surface area contributed by atoms with Crippen LogP contribution in [0.15, 0.2) is 42.5 Å². The van der Waals surface area contributed by atoms with Crippen molar-refractivity contribution in [1.82, 2.24) is 10.2 Å². The molecular weight excluding hydrogens is 449 g/mol. The lowest BCUT2D eigenvalue weighted by atomic mass is 9.94. The van der Waals surface area contributed by atoms with Crippen molar-refractivity contribution in [3.05, 3.63) is 59.2 Å². The molecule has 4 rings (SSSR count). The topological polar surface area (TPSA) is 67.9 Å². The Hall–Kier alpha value is -3.23. The minimum absolute atomic E-state index is 0.0663. The Morgan fingerprint density at radius 1 is 1.03 bits per heavy atom. The highest BCUT2D eigenvalue weighted by molar-refractivity contribution is 5.94. The van der Waals surface area contributed by atoms with Gasteiger partial charge in [0.2, 0.25) is 5.91 Å². The molecule has 1 saturated heterocycles. The Morgan fingerprint density at radius 3 is 2.29 bits per heavy atom. The summed E-state index contributed by atoms with van der Waals surface area (Å²) in [7, 11) is 0. The van der Waals surface area contributed by atoms with Crippen molar-refractivity contribution >= 4 is 11.8 Å². The molecule has 9 heteroatoms. The van der Waals surface area contributed by atoms with Crippen molar-refractivity contribution in [2.45, 2.75) is 38.4 Å². The molecule has 1 atom stereocenters. The average Bonchev–Trinajstić information content (AvgIpc) is 2.86. The van der Waals surface area contributed by atoms with Gasteiger partial charge in [0.15, 0.2) is 11.5 Å². The van der Waals surface area contributed by atoms with Gasteiger partial charge in [0.1, 0.15) is 13.2 Å². The number of rotatable bonds is 5. The molecule has 2 aliphatic heterocycles. The quantitative estimate of drug-likeness (QED) is 0.685. The van der Waals surface area contributed by atoms with Gasteiger partial charge in [-0.1, -0.05) is 13.0 Å². The highest BCUT2D eigenvalue weighted by Crippen LogP contribution is 2.34. The molecule has 0 aromatic heterocycles. The fraction of sp³-hybridized carbons (Fsp3) is 0.440. The number of piperidine rings is 1. The van der Waals surface area contributed by atoms with Gasteiger partial charge >= 0.3 is 6.18 Å². The molecule has 0 bridgehead atoms. The summed E-state index contributed by atoms with van der Waals surface area (Å²) in [6.07, 6.45) is -2.74. The lowest BCUT2D eigenvalue weighted by Gasteiger charge is -2.32. The van der Waals surface area contributed by atoms with Gasteiger partial charge in [-0.3, -0.25) is 9.59 Å².